The van der Waals surface area contributed by atoms with Gasteiger partial charge in [-0.3, -0.25) is 9.59 Å². The summed E-state index contributed by atoms with van der Waals surface area (Å²) in [5, 5.41) is 23.2. The van der Waals surface area contributed by atoms with Gasteiger partial charge >= 0.3 is 5.97 Å². The Hall–Kier alpha value is -1.66. The van der Waals surface area contributed by atoms with E-state index in [0.717, 1.165) is 44.9 Å². The fraction of sp³-hybridized carbons (Fsp3) is 0.903. The van der Waals surface area contributed by atoms with Crippen molar-refractivity contribution in [1.82, 2.24) is 5.32 Å². The van der Waals surface area contributed by atoms with Gasteiger partial charge in [0.15, 0.2) is 0 Å². The van der Waals surface area contributed by atoms with E-state index in [1.807, 2.05) is 6.08 Å². The minimum absolute atomic E-state index is 0.00740. The lowest BCUT2D eigenvalue weighted by molar-refractivity contribution is -0.143. The molecule has 0 aromatic rings. The number of allylic oxidation sites excluding steroid dienone is 3. The first-order chi connectivity index (χ1) is 33.5. The van der Waals surface area contributed by atoms with Crippen molar-refractivity contribution in [2.24, 2.45) is 0 Å². The number of aliphatic hydroxyl groups excluding tert-OH is 2. The summed E-state index contributed by atoms with van der Waals surface area (Å²) in [4.78, 5) is 24.5. The third-order valence-corrected chi connectivity index (χ3v) is 14.2. The van der Waals surface area contributed by atoms with Gasteiger partial charge in [-0.1, -0.05) is 289 Å². The van der Waals surface area contributed by atoms with E-state index in [2.05, 4.69) is 31.3 Å². The molecule has 0 rings (SSSR count). The molecule has 0 bridgehead atoms. The third kappa shape index (κ3) is 53.7. The van der Waals surface area contributed by atoms with Crippen LogP contribution in [0.5, 0.6) is 0 Å². The Kier molecular flexibility index (Phi) is 56.5. The molecular formula is C62H119NO5. The highest BCUT2D eigenvalue weighted by Gasteiger charge is 2.18. The molecule has 0 aliphatic carbocycles. The van der Waals surface area contributed by atoms with Crippen LogP contribution in [0.2, 0.25) is 0 Å². The number of rotatable bonds is 57. The van der Waals surface area contributed by atoms with Crippen molar-refractivity contribution in [2.75, 3.05) is 13.2 Å². The third-order valence-electron chi connectivity index (χ3n) is 14.2. The lowest BCUT2D eigenvalue weighted by Crippen LogP contribution is -2.45. The van der Waals surface area contributed by atoms with Crippen LogP contribution in [0.15, 0.2) is 24.3 Å². The summed E-state index contributed by atoms with van der Waals surface area (Å²) >= 11 is 0. The predicted octanol–water partition coefficient (Wildman–Crippen LogP) is 19.0. The normalized spacial score (nSPS) is 12.7. The molecule has 1 amide bonds. The second kappa shape index (κ2) is 57.9. The number of amides is 1. The Morgan fingerprint density at radius 3 is 1.04 bits per heavy atom. The first kappa shape index (κ1) is 66.3. The highest BCUT2D eigenvalue weighted by atomic mass is 16.5. The van der Waals surface area contributed by atoms with Crippen LogP contribution >= 0.6 is 0 Å². The molecule has 3 N–H and O–H groups in total. The molecule has 2 atom stereocenters. The summed E-state index contributed by atoms with van der Waals surface area (Å²) in [5.74, 6) is -0.0668. The molecule has 0 radical (unpaired) electrons. The molecule has 68 heavy (non-hydrogen) atoms. The smallest absolute Gasteiger partial charge is 0.305 e. The van der Waals surface area contributed by atoms with Crippen LogP contribution in [0.4, 0.5) is 0 Å². The first-order valence-corrected chi connectivity index (χ1v) is 30.6. The number of unbranched alkanes of at least 4 members (excludes halogenated alkanes) is 44. The zero-order valence-electron chi connectivity index (χ0n) is 45.9. The van der Waals surface area contributed by atoms with Gasteiger partial charge in [0.05, 0.1) is 25.4 Å². The Balaban J connectivity index is 3.46. The number of carbonyl (C=O) groups excluding carboxylic acids is 2. The van der Waals surface area contributed by atoms with Gasteiger partial charge in [-0.2, -0.15) is 0 Å². The molecule has 0 aliphatic heterocycles. The van der Waals surface area contributed by atoms with E-state index in [-0.39, 0.29) is 18.5 Å². The zero-order valence-corrected chi connectivity index (χ0v) is 45.9. The molecule has 0 fully saturated rings. The van der Waals surface area contributed by atoms with Gasteiger partial charge in [-0.05, 0) is 57.8 Å². The molecule has 6 nitrogen and oxygen atoms in total. The lowest BCUT2D eigenvalue weighted by atomic mass is 10.0. The molecule has 0 heterocycles. The van der Waals surface area contributed by atoms with Crippen molar-refractivity contribution in [1.29, 1.82) is 0 Å². The monoisotopic (exact) mass is 958 g/mol. The molecule has 0 aliphatic rings. The van der Waals surface area contributed by atoms with Gasteiger partial charge in [0.2, 0.25) is 5.91 Å². The van der Waals surface area contributed by atoms with Crippen molar-refractivity contribution in [3.63, 3.8) is 0 Å². The van der Waals surface area contributed by atoms with Gasteiger partial charge in [-0.15, -0.1) is 0 Å². The standard InChI is InChI=1S/C62H119NO5/c1-3-5-7-9-11-13-15-17-18-19-24-27-31-34-38-42-46-50-54-60(65)59(58-64)63-61(66)55-51-47-43-39-35-32-28-25-22-20-21-23-26-29-33-37-41-45-49-53-57-68-62(67)56-52-48-44-40-36-30-16-14-12-10-8-6-4-2/h20,22,50,54,59-60,64-65H,3-19,21,23-49,51-53,55-58H2,1-2H3,(H,63,66)/b22-20-,54-50+. The van der Waals surface area contributed by atoms with Crippen molar-refractivity contribution >= 4 is 11.9 Å². The SMILES string of the molecule is CCCCCCCCCCCCCCCCCC/C=C/C(O)C(CO)NC(=O)CCCCCCCCC/C=C\CCCCCCCCCCCOC(=O)CCCCCCCCCCCCCCC. The highest BCUT2D eigenvalue weighted by Crippen LogP contribution is 2.17. The number of nitrogens with one attached hydrogen (secondary N) is 1. The molecule has 0 saturated heterocycles. The maximum Gasteiger partial charge on any atom is 0.305 e. The van der Waals surface area contributed by atoms with Crippen LogP contribution in [0, 0.1) is 0 Å². The average molecular weight is 959 g/mol. The van der Waals surface area contributed by atoms with E-state index < -0.39 is 12.1 Å². The molecule has 0 aromatic carbocycles. The molecule has 0 spiro atoms. The van der Waals surface area contributed by atoms with Crippen LogP contribution in [-0.4, -0.2) is 47.4 Å². The largest absolute Gasteiger partial charge is 0.466 e. The number of ether oxygens (including phenoxy) is 1. The van der Waals surface area contributed by atoms with Crippen molar-refractivity contribution in [3.8, 4) is 0 Å². The van der Waals surface area contributed by atoms with E-state index in [1.165, 1.54) is 263 Å². The fourth-order valence-corrected chi connectivity index (χ4v) is 9.51. The number of hydrogen-bond donors (Lipinski definition) is 3. The molecule has 0 saturated carbocycles. The van der Waals surface area contributed by atoms with Crippen LogP contribution in [0.1, 0.15) is 335 Å². The van der Waals surface area contributed by atoms with Crippen molar-refractivity contribution in [2.45, 2.75) is 347 Å². The van der Waals surface area contributed by atoms with Gasteiger partial charge in [-0.25, -0.2) is 0 Å². The van der Waals surface area contributed by atoms with E-state index >= 15 is 0 Å². The van der Waals surface area contributed by atoms with E-state index in [0.29, 0.717) is 19.4 Å². The van der Waals surface area contributed by atoms with E-state index in [9.17, 15) is 19.8 Å². The average Bonchev–Trinajstić information content (AvgIpc) is 3.34. The van der Waals surface area contributed by atoms with Gasteiger partial charge in [0.1, 0.15) is 0 Å². The Morgan fingerprint density at radius 2 is 0.691 bits per heavy atom. The Bertz CT molecular complexity index is 1060. The zero-order chi connectivity index (χ0) is 49.3. The second-order valence-corrected chi connectivity index (χ2v) is 21.0. The van der Waals surface area contributed by atoms with Crippen LogP contribution in [-0.2, 0) is 14.3 Å². The van der Waals surface area contributed by atoms with Crippen LogP contribution in [0.25, 0.3) is 0 Å². The van der Waals surface area contributed by atoms with Crippen molar-refractivity contribution < 1.29 is 24.5 Å². The summed E-state index contributed by atoms with van der Waals surface area (Å²) in [6.07, 6.45) is 70.6. The van der Waals surface area contributed by atoms with Gasteiger partial charge in [0.25, 0.3) is 0 Å². The predicted molar refractivity (Wildman–Crippen MR) is 296 cm³/mol. The summed E-state index contributed by atoms with van der Waals surface area (Å²) in [7, 11) is 0. The second-order valence-electron chi connectivity index (χ2n) is 21.0. The van der Waals surface area contributed by atoms with E-state index in [4.69, 9.17) is 4.74 Å². The van der Waals surface area contributed by atoms with Crippen molar-refractivity contribution in [3.05, 3.63) is 24.3 Å². The minimum atomic E-state index is -0.850. The number of hydrogen-bond acceptors (Lipinski definition) is 5. The van der Waals surface area contributed by atoms with Gasteiger partial charge in [0, 0.05) is 12.8 Å². The summed E-state index contributed by atoms with van der Waals surface area (Å²) in [6.45, 7) is 4.92. The quantitative estimate of drug-likeness (QED) is 0.0321. The number of carbonyl (C=O) groups is 2. The topological polar surface area (TPSA) is 95.9 Å². The minimum Gasteiger partial charge on any atom is -0.466 e. The van der Waals surface area contributed by atoms with Crippen LogP contribution in [0.3, 0.4) is 0 Å². The molecule has 2 unspecified atom stereocenters. The summed E-state index contributed by atoms with van der Waals surface area (Å²) < 4.78 is 5.47. The molecule has 402 valence electrons. The van der Waals surface area contributed by atoms with Crippen LogP contribution < -0.4 is 5.32 Å². The Labute approximate surface area is 424 Å². The summed E-state index contributed by atoms with van der Waals surface area (Å²) in [5.41, 5.74) is 0. The Morgan fingerprint density at radius 1 is 0.397 bits per heavy atom. The highest BCUT2D eigenvalue weighted by molar-refractivity contribution is 5.76. The fourth-order valence-electron chi connectivity index (χ4n) is 9.51. The molecule has 6 heteroatoms. The maximum atomic E-state index is 12.5. The number of aliphatic hydroxyl groups is 2. The number of esters is 1. The van der Waals surface area contributed by atoms with Gasteiger partial charge < -0.3 is 20.3 Å². The molecular weight excluding hydrogens is 839 g/mol. The lowest BCUT2D eigenvalue weighted by Gasteiger charge is -2.20. The molecule has 0 aromatic heterocycles. The first-order valence-electron chi connectivity index (χ1n) is 30.6. The van der Waals surface area contributed by atoms with E-state index in [1.54, 1.807) is 6.08 Å². The maximum absolute atomic E-state index is 12.5. The summed E-state index contributed by atoms with van der Waals surface area (Å²) in [6, 6.07) is -0.634.